The fraction of sp³-hybridized carbons (Fsp3) is 0.629. The van der Waals surface area contributed by atoms with Crippen LogP contribution in [0.1, 0.15) is 92.9 Å². The Bertz CT molecular complexity index is 1190. The first-order chi connectivity index (χ1) is 21.2. The van der Waals surface area contributed by atoms with Gasteiger partial charge in [-0.1, -0.05) is 26.2 Å². The molecule has 2 heterocycles. The minimum atomic E-state index is -0.418. The average molecular weight is 609 g/mol. The number of hydrogen-bond acceptors (Lipinski definition) is 7. The molecule has 1 aromatic heterocycles. The predicted molar refractivity (Wildman–Crippen MR) is 173 cm³/mol. The number of nitrogens with one attached hydrogen (secondary N) is 1. The minimum Gasteiger partial charge on any atom is -0.490 e. The first kappa shape index (κ1) is 33.9. The third kappa shape index (κ3) is 9.74. The Hall–Kier alpha value is -3.01. The Kier molecular flexibility index (Phi) is 13.0. The number of aliphatic hydroxyl groups is 1. The lowest BCUT2D eigenvalue weighted by molar-refractivity contribution is -0.0190. The summed E-state index contributed by atoms with van der Waals surface area (Å²) in [7, 11) is 2.19. The number of aliphatic hydroxyl groups excluding tert-OH is 1. The van der Waals surface area contributed by atoms with Gasteiger partial charge in [0.25, 0.3) is 11.8 Å². The van der Waals surface area contributed by atoms with Crippen LogP contribution in [0.15, 0.2) is 42.7 Å². The van der Waals surface area contributed by atoms with Gasteiger partial charge in [0.2, 0.25) is 0 Å². The van der Waals surface area contributed by atoms with Crippen molar-refractivity contribution in [2.45, 2.75) is 90.4 Å². The molecule has 9 nitrogen and oxygen atoms in total. The highest BCUT2D eigenvalue weighted by Gasteiger charge is 2.31. The largest absolute Gasteiger partial charge is 0.490 e. The van der Waals surface area contributed by atoms with E-state index < -0.39 is 6.04 Å². The van der Waals surface area contributed by atoms with E-state index in [2.05, 4.69) is 29.2 Å². The predicted octanol–water partition coefficient (Wildman–Crippen LogP) is 5.64. The SMILES string of the molecule is C[C@H]1CCCCO[C@H](CN(C)CC2CCCCC2)[C@@H](C)CN([C@@H](C)CO)C(=O)c2cc(NC(=O)c3ccncc3)ccc2O1. The van der Waals surface area contributed by atoms with Gasteiger partial charge in [0.1, 0.15) is 5.75 Å². The molecule has 242 valence electrons. The number of aromatic nitrogens is 1. The first-order valence-corrected chi connectivity index (χ1v) is 16.5. The van der Waals surface area contributed by atoms with Crippen molar-refractivity contribution in [2.24, 2.45) is 11.8 Å². The molecule has 4 atom stereocenters. The van der Waals surface area contributed by atoms with Crippen molar-refractivity contribution < 1.29 is 24.2 Å². The highest BCUT2D eigenvalue weighted by Crippen LogP contribution is 2.29. The Morgan fingerprint density at radius 1 is 1.07 bits per heavy atom. The first-order valence-electron chi connectivity index (χ1n) is 16.5. The van der Waals surface area contributed by atoms with Crippen LogP contribution in [-0.2, 0) is 4.74 Å². The Morgan fingerprint density at radius 2 is 1.80 bits per heavy atom. The number of ether oxygens (including phenoxy) is 2. The van der Waals surface area contributed by atoms with Gasteiger partial charge < -0.3 is 29.7 Å². The lowest BCUT2D eigenvalue weighted by Gasteiger charge is -2.36. The van der Waals surface area contributed by atoms with E-state index in [0.717, 1.165) is 38.3 Å². The summed E-state index contributed by atoms with van der Waals surface area (Å²) in [5.41, 5.74) is 1.33. The molecule has 4 rings (SSSR count). The van der Waals surface area contributed by atoms with Crippen molar-refractivity contribution in [2.75, 3.05) is 45.2 Å². The summed E-state index contributed by atoms with van der Waals surface area (Å²) in [5.74, 6) is 0.710. The van der Waals surface area contributed by atoms with E-state index in [1.807, 2.05) is 13.8 Å². The molecule has 9 heteroatoms. The Balaban J connectivity index is 1.59. The summed E-state index contributed by atoms with van der Waals surface area (Å²) < 4.78 is 12.8. The van der Waals surface area contributed by atoms with Crippen LogP contribution < -0.4 is 10.1 Å². The van der Waals surface area contributed by atoms with E-state index in [4.69, 9.17) is 9.47 Å². The van der Waals surface area contributed by atoms with Crippen molar-refractivity contribution >= 4 is 17.5 Å². The third-order valence-electron chi connectivity index (χ3n) is 9.04. The molecule has 44 heavy (non-hydrogen) atoms. The Labute approximate surface area is 263 Å². The average Bonchev–Trinajstić information content (AvgIpc) is 3.03. The number of pyridine rings is 1. The molecule has 2 amide bonds. The second-order valence-electron chi connectivity index (χ2n) is 12.9. The molecular formula is C35H52N4O5. The van der Waals surface area contributed by atoms with Crippen LogP contribution >= 0.6 is 0 Å². The molecule has 1 saturated carbocycles. The van der Waals surface area contributed by atoms with Gasteiger partial charge in [-0.05, 0) is 89.2 Å². The number of hydrogen-bond donors (Lipinski definition) is 2. The van der Waals surface area contributed by atoms with Crippen molar-refractivity contribution in [1.29, 1.82) is 0 Å². The number of amides is 2. The molecule has 1 aromatic carbocycles. The summed E-state index contributed by atoms with van der Waals surface area (Å²) in [6, 6.07) is 8.07. The zero-order chi connectivity index (χ0) is 31.5. The van der Waals surface area contributed by atoms with Gasteiger partial charge in [0.15, 0.2) is 0 Å². The highest BCUT2D eigenvalue weighted by atomic mass is 16.5. The van der Waals surface area contributed by atoms with Crippen LogP contribution in [0, 0.1) is 11.8 Å². The van der Waals surface area contributed by atoms with Crippen molar-refractivity contribution in [3.8, 4) is 5.75 Å². The van der Waals surface area contributed by atoms with Gasteiger partial charge in [0, 0.05) is 55.8 Å². The maximum Gasteiger partial charge on any atom is 0.258 e. The zero-order valence-electron chi connectivity index (χ0n) is 27.0. The highest BCUT2D eigenvalue weighted by molar-refractivity contribution is 6.05. The maximum atomic E-state index is 14.3. The number of fused-ring (bicyclic) bond motifs is 1. The van der Waals surface area contributed by atoms with Crippen LogP contribution in [0.2, 0.25) is 0 Å². The number of carbonyl (C=O) groups is 2. The lowest BCUT2D eigenvalue weighted by Crippen LogP contribution is -2.47. The van der Waals surface area contributed by atoms with Crippen molar-refractivity contribution in [3.63, 3.8) is 0 Å². The summed E-state index contributed by atoms with van der Waals surface area (Å²) in [6.07, 6.45) is 12.3. The molecule has 0 radical (unpaired) electrons. The van der Waals surface area contributed by atoms with Crippen LogP contribution in [0.25, 0.3) is 0 Å². The van der Waals surface area contributed by atoms with E-state index in [1.165, 1.54) is 32.1 Å². The number of anilines is 1. The van der Waals surface area contributed by atoms with Crippen LogP contribution in [0.4, 0.5) is 5.69 Å². The van der Waals surface area contributed by atoms with Gasteiger partial charge in [-0.3, -0.25) is 14.6 Å². The maximum absolute atomic E-state index is 14.3. The molecule has 2 aromatic rings. The van der Waals surface area contributed by atoms with Gasteiger partial charge in [-0.2, -0.15) is 0 Å². The molecule has 0 bridgehead atoms. The normalized spacial score (nSPS) is 23.4. The second kappa shape index (κ2) is 16.9. The molecule has 1 fully saturated rings. The number of nitrogens with zero attached hydrogens (tertiary/aromatic N) is 3. The monoisotopic (exact) mass is 608 g/mol. The van der Waals surface area contributed by atoms with E-state index in [-0.39, 0.29) is 36.5 Å². The fourth-order valence-electron chi connectivity index (χ4n) is 6.36. The standard InChI is InChI=1S/C35H52N4O5/c1-25-21-39(26(2)24-40)35(42)31-20-30(37-34(41)29-15-17-36-18-16-29)13-14-32(31)44-27(3)10-8-9-19-43-33(25)23-38(4)22-28-11-6-5-7-12-28/h13-18,20,25-28,33,40H,5-12,19,21-24H2,1-4H3,(H,37,41)/t25-,26-,27-,33+/m0/s1. The van der Waals surface area contributed by atoms with Gasteiger partial charge in [-0.25, -0.2) is 0 Å². The van der Waals surface area contributed by atoms with Crippen LogP contribution in [-0.4, -0.2) is 89.9 Å². The van der Waals surface area contributed by atoms with Crippen LogP contribution in [0.3, 0.4) is 0 Å². The zero-order valence-corrected chi connectivity index (χ0v) is 27.0. The van der Waals surface area contributed by atoms with E-state index in [0.29, 0.717) is 35.7 Å². The van der Waals surface area contributed by atoms with Gasteiger partial charge in [-0.15, -0.1) is 0 Å². The van der Waals surface area contributed by atoms with E-state index in [1.54, 1.807) is 47.6 Å². The molecular weight excluding hydrogens is 556 g/mol. The summed E-state index contributed by atoms with van der Waals surface area (Å²) in [6.45, 7) is 8.80. The van der Waals surface area contributed by atoms with Gasteiger partial charge >= 0.3 is 0 Å². The van der Waals surface area contributed by atoms with Crippen LogP contribution in [0.5, 0.6) is 5.75 Å². The number of carbonyl (C=O) groups excluding carboxylic acids is 2. The molecule has 0 spiro atoms. The smallest absolute Gasteiger partial charge is 0.258 e. The summed E-state index contributed by atoms with van der Waals surface area (Å²) in [4.78, 5) is 35.3. The fourth-order valence-corrected chi connectivity index (χ4v) is 6.36. The van der Waals surface area contributed by atoms with Crippen molar-refractivity contribution in [1.82, 2.24) is 14.8 Å². The molecule has 0 unspecified atom stereocenters. The lowest BCUT2D eigenvalue weighted by atomic mass is 9.89. The summed E-state index contributed by atoms with van der Waals surface area (Å²) >= 11 is 0. The molecule has 1 aliphatic heterocycles. The number of rotatable bonds is 8. The molecule has 2 aliphatic rings. The Morgan fingerprint density at radius 3 is 2.52 bits per heavy atom. The van der Waals surface area contributed by atoms with Gasteiger partial charge in [0.05, 0.1) is 30.4 Å². The quantitative estimate of drug-likeness (QED) is 0.400. The molecule has 1 aliphatic carbocycles. The van der Waals surface area contributed by atoms with E-state index >= 15 is 0 Å². The van der Waals surface area contributed by atoms with Crippen molar-refractivity contribution in [3.05, 3.63) is 53.9 Å². The molecule has 0 saturated heterocycles. The third-order valence-corrected chi connectivity index (χ3v) is 9.04. The number of likely N-dealkylation sites (N-methyl/N-ethyl adjacent to an activating group) is 1. The minimum absolute atomic E-state index is 0.0302. The number of benzene rings is 1. The van der Waals surface area contributed by atoms with E-state index in [9.17, 15) is 14.7 Å². The second-order valence-corrected chi connectivity index (χ2v) is 12.9. The topological polar surface area (TPSA) is 104 Å². The molecule has 2 N–H and O–H groups in total. The summed E-state index contributed by atoms with van der Waals surface area (Å²) in [5, 5.41) is 13.1.